The third kappa shape index (κ3) is 4.74. The molecular weight excluding hydrogens is 427 g/mol. The molecule has 0 atom stereocenters. The number of nitrogens with zero attached hydrogens (tertiary/aromatic N) is 1. The Balaban J connectivity index is 1.57. The number of fused-ring (bicyclic) bond motifs is 1. The number of carbonyl (C=O) groups is 1. The first-order valence-electron chi connectivity index (χ1n) is 12.7. The van der Waals surface area contributed by atoms with Crippen LogP contribution in [0.5, 0.6) is 0 Å². The van der Waals surface area contributed by atoms with Gasteiger partial charge in [0.05, 0.1) is 11.2 Å². The fourth-order valence-corrected chi connectivity index (χ4v) is 5.00. The van der Waals surface area contributed by atoms with Crippen LogP contribution < -0.4 is 5.59 Å². The second-order valence-electron chi connectivity index (χ2n) is 12.2. The van der Waals surface area contributed by atoms with E-state index in [1.807, 2.05) is 25.7 Å². The van der Waals surface area contributed by atoms with Gasteiger partial charge in [-0.1, -0.05) is 19.9 Å². The van der Waals surface area contributed by atoms with Crippen molar-refractivity contribution < 1.29 is 18.8 Å². The zero-order valence-corrected chi connectivity index (χ0v) is 22.4. The zero-order valence-electron chi connectivity index (χ0n) is 22.4. The highest BCUT2D eigenvalue weighted by atomic mass is 16.7. The molecule has 0 aliphatic carbocycles. The summed E-state index contributed by atoms with van der Waals surface area (Å²) in [4.78, 5) is 17.9. The molecule has 3 heterocycles. The Morgan fingerprint density at radius 2 is 1.71 bits per heavy atom. The lowest BCUT2D eigenvalue weighted by atomic mass is 9.78. The summed E-state index contributed by atoms with van der Waals surface area (Å²) >= 11 is 0. The van der Waals surface area contributed by atoms with Gasteiger partial charge in [-0.15, -0.1) is 0 Å². The van der Waals surface area contributed by atoms with Crippen molar-refractivity contribution in [2.75, 3.05) is 13.1 Å². The number of carbonyl (C=O) groups excluding carboxylic acids is 1. The Bertz CT molecular complexity index is 1040. The highest BCUT2D eigenvalue weighted by molar-refractivity contribution is 6.62. The molecule has 2 aliphatic rings. The van der Waals surface area contributed by atoms with Crippen LogP contribution in [0, 0.1) is 0 Å². The summed E-state index contributed by atoms with van der Waals surface area (Å²) in [6.45, 7) is 20.0. The molecule has 0 radical (unpaired) electrons. The van der Waals surface area contributed by atoms with Gasteiger partial charge in [0.2, 0.25) is 0 Å². The molecule has 0 unspecified atom stereocenters. The minimum atomic E-state index is -0.463. The summed E-state index contributed by atoms with van der Waals surface area (Å²) in [5.74, 6) is 0.755. The summed E-state index contributed by atoms with van der Waals surface area (Å²) in [5.41, 5.74) is 3.52. The van der Waals surface area contributed by atoms with E-state index < -0.39 is 12.7 Å². The molecule has 186 valence electrons. The lowest BCUT2D eigenvalue weighted by Crippen LogP contribution is -2.41. The van der Waals surface area contributed by atoms with Crippen molar-refractivity contribution in [3.8, 4) is 0 Å². The molecule has 1 aromatic heterocycles. The maximum absolute atomic E-state index is 12.4. The van der Waals surface area contributed by atoms with Gasteiger partial charge in [-0.2, -0.15) is 0 Å². The van der Waals surface area contributed by atoms with Gasteiger partial charge in [-0.05, 0) is 96.4 Å². The van der Waals surface area contributed by atoms with Crippen LogP contribution in [-0.4, -0.2) is 53.0 Å². The predicted molar refractivity (Wildman–Crippen MR) is 138 cm³/mol. The van der Waals surface area contributed by atoms with E-state index in [0.29, 0.717) is 11.8 Å². The van der Waals surface area contributed by atoms with E-state index >= 15 is 0 Å². The number of aromatic amines is 1. The highest BCUT2D eigenvalue weighted by Crippen LogP contribution is 2.38. The first-order chi connectivity index (χ1) is 15.7. The Morgan fingerprint density at radius 3 is 2.24 bits per heavy atom. The number of ether oxygens (including phenoxy) is 1. The molecule has 0 bridgehead atoms. The molecule has 2 fully saturated rings. The van der Waals surface area contributed by atoms with Crippen molar-refractivity contribution in [3.05, 3.63) is 29.3 Å². The summed E-state index contributed by atoms with van der Waals surface area (Å²) in [5, 5.41) is 1.24. The van der Waals surface area contributed by atoms with Gasteiger partial charge in [0, 0.05) is 29.6 Å². The fraction of sp³-hybridized carbons (Fsp3) is 0.667. The molecule has 1 aromatic carbocycles. The average Bonchev–Trinajstić information content (AvgIpc) is 3.20. The Hall–Kier alpha value is -1.99. The zero-order chi connectivity index (χ0) is 25.1. The van der Waals surface area contributed by atoms with E-state index in [0.717, 1.165) is 37.0 Å². The predicted octanol–water partition coefficient (Wildman–Crippen LogP) is 5.71. The maximum atomic E-state index is 12.4. The Labute approximate surface area is 204 Å². The normalized spacial score (nSPS) is 21.0. The van der Waals surface area contributed by atoms with Crippen LogP contribution in [0.15, 0.2) is 18.2 Å². The molecule has 1 N–H and O–H groups in total. The van der Waals surface area contributed by atoms with Crippen LogP contribution in [0.3, 0.4) is 0 Å². The monoisotopic (exact) mass is 468 g/mol. The summed E-state index contributed by atoms with van der Waals surface area (Å²) in [6, 6.07) is 6.75. The molecule has 2 saturated heterocycles. The number of H-pyrrole nitrogens is 1. The lowest BCUT2D eigenvalue weighted by Gasteiger charge is -2.33. The fourth-order valence-electron chi connectivity index (χ4n) is 5.00. The summed E-state index contributed by atoms with van der Waals surface area (Å²) < 4.78 is 18.3. The average molecular weight is 468 g/mol. The number of aromatic nitrogens is 1. The van der Waals surface area contributed by atoms with E-state index in [2.05, 4.69) is 64.7 Å². The SMILES string of the molecule is CC(C)c1c(B2OC(C)(C)C(C)(C)O2)[nH]c2ccc(C3CCN(C(=O)OC(C)(C)C)CC3)cc12. The molecular formula is C27H41BN2O4. The van der Waals surface area contributed by atoms with E-state index in [4.69, 9.17) is 14.0 Å². The van der Waals surface area contributed by atoms with Crippen molar-refractivity contribution in [3.63, 3.8) is 0 Å². The number of rotatable bonds is 3. The third-order valence-corrected chi connectivity index (χ3v) is 7.58. The van der Waals surface area contributed by atoms with Gasteiger partial charge < -0.3 is 23.9 Å². The van der Waals surface area contributed by atoms with Crippen molar-refractivity contribution in [1.29, 1.82) is 0 Å². The van der Waals surface area contributed by atoms with Crippen molar-refractivity contribution in [2.24, 2.45) is 0 Å². The number of benzene rings is 1. The van der Waals surface area contributed by atoms with E-state index in [1.54, 1.807) is 0 Å². The molecule has 0 spiro atoms. The van der Waals surface area contributed by atoms with Crippen molar-refractivity contribution in [1.82, 2.24) is 9.88 Å². The molecule has 34 heavy (non-hydrogen) atoms. The van der Waals surface area contributed by atoms with Crippen LogP contribution >= 0.6 is 0 Å². The smallest absolute Gasteiger partial charge is 0.444 e. The minimum Gasteiger partial charge on any atom is -0.444 e. The number of amides is 1. The van der Waals surface area contributed by atoms with E-state index in [-0.39, 0.29) is 17.3 Å². The molecule has 6 nitrogen and oxygen atoms in total. The lowest BCUT2D eigenvalue weighted by molar-refractivity contribution is 0.00578. The standard InChI is InChI=1S/C27H41BN2O4/c1-17(2)22-20-16-19(18-12-14-30(15-13-18)24(31)32-25(3,4)5)10-11-21(20)29-23(22)28-33-26(6,7)27(8,9)34-28/h10-11,16-18,29H,12-15H2,1-9H3. The van der Waals surface area contributed by atoms with Gasteiger partial charge in [0.1, 0.15) is 5.60 Å². The summed E-state index contributed by atoms with van der Waals surface area (Å²) in [7, 11) is -0.407. The van der Waals surface area contributed by atoms with Crippen LogP contribution in [0.1, 0.15) is 98.1 Å². The van der Waals surface area contributed by atoms with Gasteiger partial charge in [-0.3, -0.25) is 0 Å². The van der Waals surface area contributed by atoms with Crippen molar-refractivity contribution >= 4 is 29.7 Å². The van der Waals surface area contributed by atoms with Crippen molar-refractivity contribution in [2.45, 2.75) is 104 Å². The molecule has 4 rings (SSSR count). The molecule has 1 amide bonds. The van der Waals surface area contributed by atoms with Crippen LogP contribution in [-0.2, 0) is 14.0 Å². The van der Waals surface area contributed by atoms with Crippen LogP contribution in [0.25, 0.3) is 10.9 Å². The van der Waals surface area contributed by atoms with Crippen LogP contribution in [0.4, 0.5) is 4.79 Å². The largest absolute Gasteiger partial charge is 0.512 e. The Morgan fingerprint density at radius 1 is 1.12 bits per heavy atom. The van der Waals surface area contributed by atoms with Gasteiger partial charge >= 0.3 is 13.2 Å². The first kappa shape index (κ1) is 25.1. The van der Waals surface area contributed by atoms with Gasteiger partial charge in [0.15, 0.2) is 0 Å². The van der Waals surface area contributed by atoms with Gasteiger partial charge in [0.25, 0.3) is 0 Å². The molecule has 2 aromatic rings. The van der Waals surface area contributed by atoms with E-state index in [1.165, 1.54) is 16.5 Å². The topological polar surface area (TPSA) is 63.8 Å². The first-order valence-corrected chi connectivity index (χ1v) is 12.7. The minimum absolute atomic E-state index is 0.207. The quantitative estimate of drug-likeness (QED) is 0.587. The molecule has 2 aliphatic heterocycles. The third-order valence-electron chi connectivity index (χ3n) is 7.58. The van der Waals surface area contributed by atoms with E-state index in [9.17, 15) is 4.79 Å². The number of likely N-dealkylation sites (tertiary alicyclic amines) is 1. The Kier molecular flexibility index (Phi) is 6.35. The second kappa shape index (κ2) is 8.60. The maximum Gasteiger partial charge on any atom is 0.512 e. The number of hydrogen-bond acceptors (Lipinski definition) is 4. The number of nitrogens with one attached hydrogen (secondary N) is 1. The highest BCUT2D eigenvalue weighted by Gasteiger charge is 2.53. The number of hydrogen-bond donors (Lipinski definition) is 1. The number of piperidine rings is 1. The van der Waals surface area contributed by atoms with Crippen LogP contribution in [0.2, 0.25) is 0 Å². The van der Waals surface area contributed by atoms with Gasteiger partial charge in [-0.25, -0.2) is 4.79 Å². The second-order valence-corrected chi connectivity index (χ2v) is 12.2. The molecule has 0 saturated carbocycles. The summed E-state index contributed by atoms with van der Waals surface area (Å²) in [6.07, 6.45) is 1.67. The molecule has 7 heteroatoms.